The Bertz CT molecular complexity index is 436. The molecule has 4 nitrogen and oxygen atoms in total. The third-order valence-electron chi connectivity index (χ3n) is 3.05. The smallest absolute Gasteiger partial charge is 0.337 e. The molecular formula is C15H25ClN2O2. The fraction of sp³-hybridized carbons (Fsp3) is 0.533. The number of hydrogen-bond donors (Lipinski definition) is 1. The second-order valence-corrected chi connectivity index (χ2v) is 5.73. The summed E-state index contributed by atoms with van der Waals surface area (Å²) in [5.74, 6) is -0.299. The van der Waals surface area contributed by atoms with Gasteiger partial charge in [-0.15, -0.1) is 12.4 Å². The number of carbonyl (C=O) groups is 1. The first-order valence-corrected chi connectivity index (χ1v) is 6.44. The minimum Gasteiger partial charge on any atom is -0.465 e. The van der Waals surface area contributed by atoms with Crippen molar-refractivity contribution in [2.45, 2.75) is 20.4 Å². The predicted molar refractivity (Wildman–Crippen MR) is 84.2 cm³/mol. The highest BCUT2D eigenvalue weighted by Gasteiger charge is 2.18. The molecule has 0 saturated carbocycles. The Hall–Kier alpha value is -1.10. The lowest BCUT2D eigenvalue weighted by molar-refractivity contribution is 0.0600. The molecule has 0 spiro atoms. The van der Waals surface area contributed by atoms with E-state index >= 15 is 0 Å². The second kappa shape index (κ2) is 8.25. The highest BCUT2D eigenvalue weighted by molar-refractivity contribution is 5.89. The van der Waals surface area contributed by atoms with E-state index in [0.29, 0.717) is 12.1 Å². The monoisotopic (exact) mass is 300 g/mol. The summed E-state index contributed by atoms with van der Waals surface area (Å²) in [4.78, 5) is 13.7. The van der Waals surface area contributed by atoms with Crippen LogP contribution in [0.1, 0.15) is 29.8 Å². The van der Waals surface area contributed by atoms with Crippen LogP contribution < -0.4 is 5.73 Å². The molecule has 0 amide bonds. The molecule has 0 aliphatic rings. The van der Waals surface area contributed by atoms with Crippen LogP contribution in [0.5, 0.6) is 0 Å². The van der Waals surface area contributed by atoms with Crippen LogP contribution in [0.15, 0.2) is 24.3 Å². The Balaban J connectivity index is 0.00000361. The van der Waals surface area contributed by atoms with Crippen molar-refractivity contribution in [3.63, 3.8) is 0 Å². The fourth-order valence-corrected chi connectivity index (χ4v) is 2.08. The van der Waals surface area contributed by atoms with Crippen LogP contribution >= 0.6 is 12.4 Å². The Morgan fingerprint density at radius 3 is 2.60 bits per heavy atom. The van der Waals surface area contributed by atoms with E-state index in [4.69, 9.17) is 10.5 Å². The van der Waals surface area contributed by atoms with Crippen molar-refractivity contribution in [1.82, 2.24) is 4.90 Å². The predicted octanol–water partition coefficient (Wildman–Crippen LogP) is 2.31. The first kappa shape index (κ1) is 18.9. The summed E-state index contributed by atoms with van der Waals surface area (Å²) in [5.41, 5.74) is 7.52. The number of carbonyl (C=O) groups excluding carboxylic acids is 1. The van der Waals surface area contributed by atoms with Gasteiger partial charge in [0.2, 0.25) is 0 Å². The summed E-state index contributed by atoms with van der Waals surface area (Å²) >= 11 is 0. The minimum absolute atomic E-state index is 0. The summed E-state index contributed by atoms with van der Waals surface area (Å²) < 4.78 is 4.73. The summed E-state index contributed by atoms with van der Waals surface area (Å²) in [6.07, 6.45) is 0. The zero-order valence-electron chi connectivity index (χ0n) is 12.7. The Kier molecular flexibility index (Phi) is 7.79. The maximum Gasteiger partial charge on any atom is 0.337 e. The number of nitrogens with zero attached hydrogens (tertiary/aromatic N) is 1. The summed E-state index contributed by atoms with van der Waals surface area (Å²) in [7, 11) is 3.45. The molecule has 0 unspecified atom stereocenters. The van der Waals surface area contributed by atoms with Gasteiger partial charge in [-0.05, 0) is 36.7 Å². The number of halogens is 1. The molecule has 0 atom stereocenters. The van der Waals surface area contributed by atoms with Crippen LogP contribution in [0.2, 0.25) is 0 Å². The van der Waals surface area contributed by atoms with Gasteiger partial charge >= 0.3 is 5.97 Å². The van der Waals surface area contributed by atoms with Crippen LogP contribution in [-0.2, 0) is 11.3 Å². The van der Waals surface area contributed by atoms with Crippen molar-refractivity contribution in [2.75, 3.05) is 27.2 Å². The zero-order chi connectivity index (χ0) is 14.5. The first-order valence-electron chi connectivity index (χ1n) is 6.44. The van der Waals surface area contributed by atoms with E-state index in [-0.39, 0.29) is 23.8 Å². The van der Waals surface area contributed by atoms with Gasteiger partial charge in [0, 0.05) is 13.1 Å². The van der Waals surface area contributed by atoms with Gasteiger partial charge in [-0.2, -0.15) is 0 Å². The average molecular weight is 301 g/mol. The molecule has 0 aliphatic heterocycles. The van der Waals surface area contributed by atoms with Gasteiger partial charge in [-0.25, -0.2) is 4.79 Å². The van der Waals surface area contributed by atoms with Crippen molar-refractivity contribution in [1.29, 1.82) is 0 Å². The average Bonchev–Trinajstić information content (AvgIpc) is 2.37. The Morgan fingerprint density at radius 2 is 2.05 bits per heavy atom. The lowest BCUT2D eigenvalue weighted by atomic mass is 9.93. The number of ether oxygens (including phenoxy) is 1. The first-order chi connectivity index (χ1) is 8.88. The van der Waals surface area contributed by atoms with Crippen LogP contribution in [-0.4, -0.2) is 38.1 Å². The molecule has 2 N–H and O–H groups in total. The van der Waals surface area contributed by atoms with E-state index in [0.717, 1.165) is 18.7 Å². The molecule has 0 fully saturated rings. The fourth-order valence-electron chi connectivity index (χ4n) is 2.08. The lowest BCUT2D eigenvalue weighted by Crippen LogP contribution is -2.36. The molecule has 5 heteroatoms. The normalized spacial score (nSPS) is 11.1. The van der Waals surface area contributed by atoms with Gasteiger partial charge in [0.15, 0.2) is 0 Å². The second-order valence-electron chi connectivity index (χ2n) is 5.73. The van der Waals surface area contributed by atoms with E-state index < -0.39 is 0 Å². The molecule has 0 bridgehead atoms. The van der Waals surface area contributed by atoms with E-state index in [1.807, 2.05) is 18.2 Å². The van der Waals surface area contributed by atoms with Crippen molar-refractivity contribution >= 4 is 18.4 Å². The largest absolute Gasteiger partial charge is 0.465 e. The number of nitrogens with two attached hydrogens (primary N) is 1. The number of esters is 1. The molecule has 20 heavy (non-hydrogen) atoms. The molecule has 114 valence electrons. The topological polar surface area (TPSA) is 55.6 Å². The summed E-state index contributed by atoms with van der Waals surface area (Å²) in [6.45, 7) is 6.64. The molecular weight excluding hydrogens is 276 g/mol. The third-order valence-corrected chi connectivity index (χ3v) is 3.05. The van der Waals surface area contributed by atoms with Gasteiger partial charge in [-0.1, -0.05) is 26.0 Å². The molecule has 0 aliphatic carbocycles. The van der Waals surface area contributed by atoms with Crippen LogP contribution in [0.4, 0.5) is 0 Å². The summed E-state index contributed by atoms with van der Waals surface area (Å²) in [5, 5.41) is 0. The molecule has 1 rings (SSSR count). The molecule has 0 radical (unpaired) electrons. The van der Waals surface area contributed by atoms with Gasteiger partial charge in [0.1, 0.15) is 0 Å². The van der Waals surface area contributed by atoms with Crippen LogP contribution in [0, 0.1) is 5.41 Å². The lowest BCUT2D eigenvalue weighted by Gasteiger charge is -2.29. The SMILES string of the molecule is COC(=O)c1cccc(CN(C)CC(C)(C)CN)c1.Cl. The Morgan fingerprint density at radius 1 is 1.40 bits per heavy atom. The highest BCUT2D eigenvalue weighted by atomic mass is 35.5. The van der Waals surface area contributed by atoms with Crippen molar-refractivity contribution in [3.8, 4) is 0 Å². The van der Waals surface area contributed by atoms with E-state index in [1.54, 1.807) is 6.07 Å². The maximum absolute atomic E-state index is 11.5. The Labute approximate surface area is 127 Å². The van der Waals surface area contributed by atoms with Crippen molar-refractivity contribution in [3.05, 3.63) is 35.4 Å². The summed E-state index contributed by atoms with van der Waals surface area (Å²) in [6, 6.07) is 7.53. The highest BCUT2D eigenvalue weighted by Crippen LogP contribution is 2.16. The number of methoxy groups -OCH3 is 1. The number of rotatable bonds is 6. The van der Waals surface area contributed by atoms with Gasteiger partial charge in [-0.3, -0.25) is 0 Å². The van der Waals surface area contributed by atoms with Crippen LogP contribution in [0.3, 0.4) is 0 Å². The van der Waals surface area contributed by atoms with Crippen molar-refractivity contribution < 1.29 is 9.53 Å². The maximum atomic E-state index is 11.5. The van der Waals surface area contributed by atoms with E-state index in [1.165, 1.54) is 7.11 Å². The van der Waals surface area contributed by atoms with E-state index in [2.05, 4.69) is 25.8 Å². The van der Waals surface area contributed by atoms with Gasteiger partial charge in [0.25, 0.3) is 0 Å². The van der Waals surface area contributed by atoms with Gasteiger partial charge in [0.05, 0.1) is 12.7 Å². The minimum atomic E-state index is -0.299. The number of benzene rings is 1. The van der Waals surface area contributed by atoms with Gasteiger partial charge < -0.3 is 15.4 Å². The third kappa shape index (κ3) is 5.90. The molecule has 0 heterocycles. The number of hydrogen-bond acceptors (Lipinski definition) is 4. The van der Waals surface area contributed by atoms with Crippen molar-refractivity contribution in [2.24, 2.45) is 11.1 Å². The molecule has 1 aromatic carbocycles. The van der Waals surface area contributed by atoms with Crippen LogP contribution in [0.25, 0.3) is 0 Å². The van der Waals surface area contributed by atoms with E-state index in [9.17, 15) is 4.79 Å². The zero-order valence-corrected chi connectivity index (χ0v) is 13.5. The quantitative estimate of drug-likeness (QED) is 0.819. The molecule has 0 aromatic heterocycles. The molecule has 1 aromatic rings. The standard InChI is InChI=1S/C15H24N2O2.ClH/c1-15(2,10-16)11-17(3)9-12-6-5-7-13(8-12)14(18)19-4;/h5-8H,9-11,16H2,1-4H3;1H. The molecule has 0 saturated heterocycles.